The molecule has 1 aliphatic heterocycles. The van der Waals surface area contributed by atoms with Crippen LogP contribution in [-0.2, 0) is 24.3 Å². The van der Waals surface area contributed by atoms with Gasteiger partial charge in [0.2, 0.25) is 0 Å². The van der Waals surface area contributed by atoms with E-state index in [1.807, 2.05) is 0 Å². The van der Waals surface area contributed by atoms with E-state index < -0.39 is 0 Å². The molecule has 3 nitrogen and oxygen atoms in total. The number of aromatic nitrogens is 2. The average molecular weight is 194 g/mol. The summed E-state index contributed by atoms with van der Waals surface area (Å²) in [5, 5.41) is 4.55. The topological polar surface area (TPSA) is 27.1 Å². The lowest BCUT2D eigenvalue weighted by Gasteiger charge is -2.31. The van der Waals surface area contributed by atoms with Crippen molar-refractivity contribution in [3.8, 4) is 0 Å². The third-order valence-electron chi connectivity index (χ3n) is 2.85. The van der Waals surface area contributed by atoms with Gasteiger partial charge in [-0.15, -0.1) is 0 Å². The molecule has 0 spiro atoms. The standard InChI is InChI=1S/C11H18N2O/c1-5-9-8(2)12-13-7-11(3,4)14-6-10(9)13/h5-7H2,1-4H3. The molecule has 0 aromatic carbocycles. The molecule has 1 aromatic rings. The van der Waals surface area contributed by atoms with Gasteiger partial charge in [0, 0.05) is 0 Å². The zero-order valence-corrected chi connectivity index (χ0v) is 9.42. The summed E-state index contributed by atoms with van der Waals surface area (Å²) in [6.45, 7) is 10.0. The first kappa shape index (κ1) is 9.71. The Hall–Kier alpha value is -0.830. The van der Waals surface area contributed by atoms with Gasteiger partial charge in [0.1, 0.15) is 0 Å². The molecule has 2 rings (SSSR count). The highest BCUT2D eigenvalue weighted by molar-refractivity contribution is 5.26. The van der Waals surface area contributed by atoms with Crippen molar-refractivity contribution in [1.29, 1.82) is 0 Å². The smallest absolute Gasteiger partial charge is 0.0895 e. The second kappa shape index (κ2) is 3.09. The fourth-order valence-corrected chi connectivity index (χ4v) is 2.09. The van der Waals surface area contributed by atoms with Crippen LogP contribution >= 0.6 is 0 Å². The van der Waals surface area contributed by atoms with E-state index in [9.17, 15) is 0 Å². The number of aryl methyl sites for hydroxylation is 1. The fourth-order valence-electron chi connectivity index (χ4n) is 2.09. The van der Waals surface area contributed by atoms with Gasteiger partial charge in [0.05, 0.1) is 30.1 Å². The first-order valence-corrected chi connectivity index (χ1v) is 5.22. The normalized spacial score (nSPS) is 19.4. The van der Waals surface area contributed by atoms with Crippen LogP contribution in [0.1, 0.15) is 37.7 Å². The third-order valence-corrected chi connectivity index (χ3v) is 2.85. The molecule has 0 bridgehead atoms. The number of nitrogens with zero attached hydrogens (tertiary/aromatic N) is 2. The van der Waals surface area contributed by atoms with Crippen molar-refractivity contribution in [3.63, 3.8) is 0 Å². The van der Waals surface area contributed by atoms with Crippen LogP contribution in [0.2, 0.25) is 0 Å². The predicted octanol–water partition coefficient (Wildman–Crippen LogP) is 2.06. The van der Waals surface area contributed by atoms with Crippen molar-refractivity contribution >= 4 is 0 Å². The summed E-state index contributed by atoms with van der Waals surface area (Å²) in [4.78, 5) is 0. The van der Waals surface area contributed by atoms with Gasteiger partial charge >= 0.3 is 0 Å². The molecule has 1 aliphatic rings. The SMILES string of the molecule is CCc1c(C)nn2c1COC(C)(C)C2. The quantitative estimate of drug-likeness (QED) is 0.684. The number of hydrogen-bond acceptors (Lipinski definition) is 2. The second-order valence-corrected chi connectivity index (χ2v) is 4.57. The van der Waals surface area contributed by atoms with E-state index >= 15 is 0 Å². The van der Waals surface area contributed by atoms with E-state index in [2.05, 4.69) is 37.5 Å². The van der Waals surface area contributed by atoms with Gasteiger partial charge in [-0.2, -0.15) is 5.10 Å². The molecular weight excluding hydrogens is 176 g/mol. The minimum Gasteiger partial charge on any atom is -0.367 e. The summed E-state index contributed by atoms with van der Waals surface area (Å²) in [6.07, 6.45) is 1.05. The highest BCUT2D eigenvalue weighted by Crippen LogP contribution is 2.26. The maximum absolute atomic E-state index is 5.79. The first-order valence-electron chi connectivity index (χ1n) is 5.22. The largest absolute Gasteiger partial charge is 0.367 e. The maximum atomic E-state index is 5.79. The van der Waals surface area contributed by atoms with Gasteiger partial charge in [-0.05, 0) is 32.8 Å². The van der Waals surface area contributed by atoms with E-state index in [4.69, 9.17) is 4.74 Å². The predicted molar refractivity (Wildman–Crippen MR) is 55.2 cm³/mol. The van der Waals surface area contributed by atoms with Crippen LogP contribution < -0.4 is 0 Å². The molecule has 14 heavy (non-hydrogen) atoms. The Morgan fingerprint density at radius 2 is 2.21 bits per heavy atom. The lowest BCUT2D eigenvalue weighted by molar-refractivity contribution is -0.0664. The van der Waals surface area contributed by atoms with Crippen LogP contribution in [0.15, 0.2) is 0 Å². The van der Waals surface area contributed by atoms with Gasteiger partial charge in [-0.3, -0.25) is 4.68 Å². The molecule has 0 aliphatic carbocycles. The number of hydrogen-bond donors (Lipinski definition) is 0. The van der Waals surface area contributed by atoms with Crippen molar-refractivity contribution < 1.29 is 4.74 Å². The van der Waals surface area contributed by atoms with Crippen LogP contribution in [0.5, 0.6) is 0 Å². The first-order chi connectivity index (χ1) is 6.53. The summed E-state index contributed by atoms with van der Waals surface area (Å²) in [5.41, 5.74) is 3.71. The summed E-state index contributed by atoms with van der Waals surface area (Å²) < 4.78 is 7.90. The molecule has 0 unspecified atom stereocenters. The molecule has 78 valence electrons. The Morgan fingerprint density at radius 1 is 1.50 bits per heavy atom. The van der Waals surface area contributed by atoms with Crippen molar-refractivity contribution in [2.45, 2.75) is 52.9 Å². The molecule has 0 radical (unpaired) electrons. The molecule has 3 heteroatoms. The molecule has 1 aromatic heterocycles. The monoisotopic (exact) mass is 194 g/mol. The van der Waals surface area contributed by atoms with Crippen molar-refractivity contribution in [1.82, 2.24) is 9.78 Å². The molecule has 0 N–H and O–H groups in total. The number of ether oxygens (including phenoxy) is 1. The maximum Gasteiger partial charge on any atom is 0.0895 e. The van der Waals surface area contributed by atoms with E-state index in [-0.39, 0.29) is 5.60 Å². The summed E-state index contributed by atoms with van der Waals surface area (Å²) in [7, 11) is 0. The van der Waals surface area contributed by atoms with Gasteiger partial charge in [-0.1, -0.05) is 6.92 Å². The molecule has 0 fully saturated rings. The minimum atomic E-state index is -0.0729. The molecule has 0 amide bonds. The Kier molecular flexibility index (Phi) is 2.14. The summed E-state index contributed by atoms with van der Waals surface area (Å²) in [5.74, 6) is 0. The summed E-state index contributed by atoms with van der Waals surface area (Å²) in [6, 6.07) is 0. The lowest BCUT2D eigenvalue weighted by Crippen LogP contribution is -2.36. The third kappa shape index (κ3) is 1.46. The highest BCUT2D eigenvalue weighted by atomic mass is 16.5. The lowest BCUT2D eigenvalue weighted by atomic mass is 10.1. The van der Waals surface area contributed by atoms with Crippen molar-refractivity contribution in [2.24, 2.45) is 0 Å². The van der Waals surface area contributed by atoms with Crippen LogP contribution in [-0.4, -0.2) is 15.4 Å². The Morgan fingerprint density at radius 3 is 2.86 bits per heavy atom. The van der Waals surface area contributed by atoms with Crippen LogP contribution in [0, 0.1) is 6.92 Å². The van der Waals surface area contributed by atoms with Gasteiger partial charge in [-0.25, -0.2) is 0 Å². The van der Waals surface area contributed by atoms with E-state index in [1.165, 1.54) is 11.3 Å². The molecule has 0 saturated heterocycles. The Balaban J connectivity index is 2.41. The van der Waals surface area contributed by atoms with Gasteiger partial charge < -0.3 is 4.74 Å². The Labute approximate surface area is 85.1 Å². The Bertz CT molecular complexity index is 352. The van der Waals surface area contributed by atoms with Crippen LogP contribution in [0.25, 0.3) is 0 Å². The number of fused-ring (bicyclic) bond motifs is 1. The summed E-state index contributed by atoms with van der Waals surface area (Å²) >= 11 is 0. The van der Waals surface area contributed by atoms with Crippen LogP contribution in [0.4, 0.5) is 0 Å². The zero-order valence-electron chi connectivity index (χ0n) is 9.42. The molecule has 0 saturated carbocycles. The second-order valence-electron chi connectivity index (χ2n) is 4.57. The minimum absolute atomic E-state index is 0.0729. The van der Waals surface area contributed by atoms with E-state index in [0.717, 1.165) is 18.7 Å². The zero-order chi connectivity index (χ0) is 10.3. The molecule has 2 heterocycles. The van der Waals surface area contributed by atoms with Gasteiger partial charge in [0.15, 0.2) is 0 Å². The molecular formula is C11H18N2O. The van der Waals surface area contributed by atoms with E-state index in [0.29, 0.717) is 6.61 Å². The highest BCUT2D eigenvalue weighted by Gasteiger charge is 2.28. The fraction of sp³-hybridized carbons (Fsp3) is 0.727. The van der Waals surface area contributed by atoms with Crippen molar-refractivity contribution in [2.75, 3.05) is 0 Å². The molecule has 0 atom stereocenters. The number of rotatable bonds is 1. The van der Waals surface area contributed by atoms with E-state index in [1.54, 1.807) is 0 Å². The van der Waals surface area contributed by atoms with Crippen LogP contribution in [0.3, 0.4) is 0 Å². The average Bonchev–Trinajstić information content (AvgIpc) is 2.37. The van der Waals surface area contributed by atoms with Gasteiger partial charge in [0.25, 0.3) is 0 Å². The van der Waals surface area contributed by atoms with Crippen molar-refractivity contribution in [3.05, 3.63) is 17.0 Å².